The predicted octanol–water partition coefficient (Wildman–Crippen LogP) is 1.78. The van der Waals surface area contributed by atoms with Crippen molar-refractivity contribution in [1.82, 2.24) is 28.9 Å². The standard InChI is InChI=1S/C20H22N6O2/c1-4-14-11-15(5-2)26(23-14)19-21-17-16(18(27)22-20(28)24(17)3)25(19)12-13-9-7-6-8-10-13/h6-11H,4-5,12H2,1-3H3,(H,22,27,28). The van der Waals surface area contributed by atoms with Crippen molar-refractivity contribution in [3.05, 3.63) is 74.2 Å². The van der Waals surface area contributed by atoms with Gasteiger partial charge in [0.2, 0.25) is 5.95 Å². The van der Waals surface area contributed by atoms with Crippen LogP contribution in [0.1, 0.15) is 30.8 Å². The number of fused-ring (bicyclic) bond motifs is 1. The molecule has 144 valence electrons. The molecule has 0 radical (unpaired) electrons. The third-order valence-corrected chi connectivity index (χ3v) is 4.92. The molecule has 0 aliphatic heterocycles. The molecule has 0 atom stereocenters. The van der Waals surface area contributed by atoms with E-state index < -0.39 is 11.2 Å². The molecule has 3 aromatic heterocycles. The van der Waals surface area contributed by atoms with Gasteiger partial charge >= 0.3 is 5.69 Å². The fraction of sp³-hybridized carbons (Fsp3) is 0.300. The molecule has 0 saturated carbocycles. The number of aromatic nitrogens is 6. The van der Waals surface area contributed by atoms with Crippen molar-refractivity contribution in [1.29, 1.82) is 0 Å². The Balaban J connectivity index is 2.05. The van der Waals surface area contributed by atoms with Gasteiger partial charge in [0.05, 0.1) is 12.2 Å². The molecule has 28 heavy (non-hydrogen) atoms. The Morgan fingerprint density at radius 2 is 1.82 bits per heavy atom. The van der Waals surface area contributed by atoms with Crippen LogP contribution in [0.15, 0.2) is 46.0 Å². The topological polar surface area (TPSA) is 90.5 Å². The van der Waals surface area contributed by atoms with E-state index in [-0.39, 0.29) is 0 Å². The fourth-order valence-corrected chi connectivity index (χ4v) is 3.37. The molecule has 4 rings (SSSR count). The first kappa shape index (κ1) is 18.0. The summed E-state index contributed by atoms with van der Waals surface area (Å²) < 4.78 is 4.97. The van der Waals surface area contributed by atoms with Gasteiger partial charge in [-0.3, -0.25) is 18.9 Å². The zero-order valence-electron chi connectivity index (χ0n) is 16.1. The maximum Gasteiger partial charge on any atom is 0.329 e. The summed E-state index contributed by atoms with van der Waals surface area (Å²) in [5.74, 6) is 0.530. The molecule has 8 heteroatoms. The number of aryl methyl sites for hydroxylation is 3. The van der Waals surface area contributed by atoms with E-state index in [4.69, 9.17) is 0 Å². The van der Waals surface area contributed by atoms with Gasteiger partial charge in [-0.1, -0.05) is 44.2 Å². The summed E-state index contributed by atoms with van der Waals surface area (Å²) in [7, 11) is 1.60. The highest BCUT2D eigenvalue weighted by atomic mass is 16.2. The second-order valence-corrected chi connectivity index (χ2v) is 6.72. The lowest BCUT2D eigenvalue weighted by Gasteiger charge is -2.10. The van der Waals surface area contributed by atoms with Gasteiger partial charge in [0, 0.05) is 12.7 Å². The number of hydrogen-bond donors (Lipinski definition) is 1. The lowest BCUT2D eigenvalue weighted by atomic mass is 10.2. The lowest BCUT2D eigenvalue weighted by molar-refractivity contribution is 0.687. The number of imidazole rings is 1. The van der Waals surface area contributed by atoms with Crippen LogP contribution >= 0.6 is 0 Å². The van der Waals surface area contributed by atoms with Crippen LogP contribution in [0.25, 0.3) is 17.1 Å². The Morgan fingerprint density at radius 1 is 1.07 bits per heavy atom. The van der Waals surface area contributed by atoms with Crippen molar-refractivity contribution in [2.24, 2.45) is 7.05 Å². The number of aromatic amines is 1. The van der Waals surface area contributed by atoms with Crippen LogP contribution in [0.2, 0.25) is 0 Å². The maximum atomic E-state index is 12.7. The van der Waals surface area contributed by atoms with Crippen molar-refractivity contribution in [2.75, 3.05) is 0 Å². The van der Waals surface area contributed by atoms with Gasteiger partial charge in [0.15, 0.2) is 11.2 Å². The third kappa shape index (κ3) is 2.87. The van der Waals surface area contributed by atoms with Crippen molar-refractivity contribution in [3.63, 3.8) is 0 Å². The van der Waals surface area contributed by atoms with Gasteiger partial charge < -0.3 is 0 Å². The average molecular weight is 378 g/mol. The van der Waals surface area contributed by atoms with E-state index in [1.54, 1.807) is 11.7 Å². The van der Waals surface area contributed by atoms with Gasteiger partial charge in [-0.25, -0.2) is 9.48 Å². The van der Waals surface area contributed by atoms with Crippen molar-refractivity contribution >= 4 is 11.2 Å². The highest BCUT2D eigenvalue weighted by Gasteiger charge is 2.21. The zero-order valence-corrected chi connectivity index (χ0v) is 16.1. The molecule has 0 amide bonds. The van der Waals surface area contributed by atoms with Crippen LogP contribution in [0.3, 0.4) is 0 Å². The van der Waals surface area contributed by atoms with Gasteiger partial charge in [-0.2, -0.15) is 10.1 Å². The second kappa shape index (κ2) is 6.95. The van der Waals surface area contributed by atoms with E-state index in [0.29, 0.717) is 23.7 Å². The minimum Gasteiger partial charge on any atom is -0.298 e. The molecule has 8 nitrogen and oxygen atoms in total. The Kier molecular flexibility index (Phi) is 4.46. The SMILES string of the molecule is CCc1cc(CC)n(-c2nc3c(c(=O)[nH]c(=O)n3C)n2Cc2ccccc2)n1. The maximum absolute atomic E-state index is 12.7. The molecule has 4 aromatic rings. The van der Waals surface area contributed by atoms with Crippen LogP contribution in [-0.4, -0.2) is 28.9 Å². The van der Waals surface area contributed by atoms with E-state index in [1.165, 1.54) is 4.57 Å². The number of benzene rings is 1. The van der Waals surface area contributed by atoms with E-state index in [9.17, 15) is 9.59 Å². The summed E-state index contributed by atoms with van der Waals surface area (Å²) in [6.07, 6.45) is 1.58. The summed E-state index contributed by atoms with van der Waals surface area (Å²) in [6, 6.07) is 11.9. The smallest absolute Gasteiger partial charge is 0.298 e. The normalized spacial score (nSPS) is 11.4. The molecule has 1 N–H and O–H groups in total. The van der Waals surface area contributed by atoms with Crippen LogP contribution in [0.4, 0.5) is 0 Å². The Bertz CT molecular complexity index is 1260. The molecular weight excluding hydrogens is 356 g/mol. The molecule has 0 fully saturated rings. The van der Waals surface area contributed by atoms with Crippen LogP contribution in [0, 0.1) is 0 Å². The number of rotatable bonds is 5. The van der Waals surface area contributed by atoms with E-state index in [2.05, 4.69) is 28.1 Å². The molecule has 1 aromatic carbocycles. The minimum absolute atomic E-state index is 0.343. The average Bonchev–Trinajstić information content (AvgIpc) is 3.28. The summed E-state index contributed by atoms with van der Waals surface area (Å²) in [4.78, 5) is 31.8. The minimum atomic E-state index is -0.487. The van der Waals surface area contributed by atoms with E-state index in [1.807, 2.05) is 41.8 Å². The highest BCUT2D eigenvalue weighted by molar-refractivity contribution is 5.72. The van der Waals surface area contributed by atoms with Gasteiger partial charge in [-0.15, -0.1) is 0 Å². The number of hydrogen-bond acceptors (Lipinski definition) is 4. The number of H-pyrrole nitrogens is 1. The van der Waals surface area contributed by atoms with E-state index in [0.717, 1.165) is 29.8 Å². The lowest BCUT2D eigenvalue weighted by Crippen LogP contribution is -2.29. The van der Waals surface area contributed by atoms with Crippen molar-refractivity contribution in [2.45, 2.75) is 33.2 Å². The predicted molar refractivity (Wildman–Crippen MR) is 107 cm³/mol. The summed E-state index contributed by atoms with van der Waals surface area (Å²) in [5.41, 5.74) is 2.75. The zero-order chi connectivity index (χ0) is 19.8. The van der Waals surface area contributed by atoms with E-state index >= 15 is 0 Å². The third-order valence-electron chi connectivity index (χ3n) is 4.92. The largest absolute Gasteiger partial charge is 0.329 e. The Labute approximate surface area is 161 Å². The monoisotopic (exact) mass is 378 g/mol. The van der Waals surface area contributed by atoms with Gasteiger partial charge in [0.1, 0.15) is 0 Å². The molecule has 0 aliphatic carbocycles. The molecule has 0 aliphatic rings. The summed E-state index contributed by atoms with van der Waals surface area (Å²) >= 11 is 0. The van der Waals surface area contributed by atoms with Crippen LogP contribution < -0.4 is 11.2 Å². The Morgan fingerprint density at radius 3 is 2.50 bits per heavy atom. The molecule has 0 bridgehead atoms. The Hall–Kier alpha value is -3.42. The highest BCUT2D eigenvalue weighted by Crippen LogP contribution is 2.19. The number of nitrogens with one attached hydrogen (secondary N) is 1. The van der Waals surface area contributed by atoms with Crippen molar-refractivity contribution in [3.8, 4) is 5.95 Å². The van der Waals surface area contributed by atoms with Crippen molar-refractivity contribution < 1.29 is 0 Å². The second-order valence-electron chi connectivity index (χ2n) is 6.72. The first-order chi connectivity index (χ1) is 13.5. The van der Waals surface area contributed by atoms with Gasteiger partial charge in [-0.05, 0) is 24.5 Å². The molecule has 0 saturated heterocycles. The number of nitrogens with zero attached hydrogens (tertiary/aromatic N) is 5. The molecule has 0 unspecified atom stereocenters. The first-order valence-electron chi connectivity index (χ1n) is 9.35. The molecular formula is C20H22N6O2. The van der Waals surface area contributed by atoms with Gasteiger partial charge in [0.25, 0.3) is 5.56 Å². The molecule has 0 spiro atoms. The van der Waals surface area contributed by atoms with Crippen LogP contribution in [-0.2, 0) is 26.4 Å². The summed E-state index contributed by atoms with van der Waals surface area (Å²) in [6.45, 7) is 4.55. The van der Waals surface area contributed by atoms with Crippen LogP contribution in [0.5, 0.6) is 0 Å². The first-order valence-corrected chi connectivity index (χ1v) is 9.35. The quantitative estimate of drug-likeness (QED) is 0.573. The fourth-order valence-electron chi connectivity index (χ4n) is 3.37. The summed E-state index contributed by atoms with van der Waals surface area (Å²) in [5, 5.41) is 4.68. The molecule has 3 heterocycles.